The lowest BCUT2D eigenvalue weighted by Crippen LogP contribution is -2.61. The molecular formula is C54H76N14O19. The Balaban J connectivity index is 2.02. The molecule has 476 valence electrons. The van der Waals surface area contributed by atoms with Crippen molar-refractivity contribution in [3.63, 3.8) is 0 Å². The summed E-state index contributed by atoms with van der Waals surface area (Å²) in [6.07, 6.45) is -5.17. The van der Waals surface area contributed by atoms with Crippen molar-refractivity contribution in [1.29, 1.82) is 0 Å². The van der Waals surface area contributed by atoms with Crippen molar-refractivity contribution in [3.8, 4) is 5.75 Å². The molecule has 87 heavy (non-hydrogen) atoms. The molecule has 33 heteroatoms. The van der Waals surface area contributed by atoms with Crippen molar-refractivity contribution in [2.45, 2.75) is 151 Å². The van der Waals surface area contributed by atoms with Gasteiger partial charge in [0.1, 0.15) is 60.1 Å². The maximum atomic E-state index is 14.6. The van der Waals surface area contributed by atoms with Gasteiger partial charge in [-0.25, -0.2) is 0 Å². The summed E-state index contributed by atoms with van der Waals surface area (Å²) in [4.78, 5) is 187. The number of aliphatic hydroxyl groups is 1. The number of hydrogen-bond donors (Lipinski definition) is 19. The van der Waals surface area contributed by atoms with E-state index in [1.54, 1.807) is 24.3 Å². The molecule has 1 heterocycles. The van der Waals surface area contributed by atoms with Gasteiger partial charge in [-0.2, -0.15) is 0 Å². The third-order valence-electron chi connectivity index (χ3n) is 13.2. The lowest BCUT2D eigenvalue weighted by atomic mass is 10.0. The smallest absolute Gasteiger partial charge is 0.325 e. The number of benzene rings is 2. The summed E-state index contributed by atoms with van der Waals surface area (Å²) >= 11 is 0. The standard InChI is InChI=1S/C54H76N14O19/c1-26(54(86)87)61-42(73)25-60-46(78)37(21-28-10-12-30(70)13-11-28)66-47(79)33(9-5-6-20-55)62-48(80)34(14-17-40(56)71)63-49(81)35(15-18-43(74)75)64-51(83)38(22-29-24-59-32-8-4-3-7-31(29)32)67-52(84)39(23-41(57)72)68-50(82)36(16-19-44(76)77)65-53(85)45(58)27(2)69/h3-4,7-8,10-13,24,26-27,33-39,45,59,69-70H,5-6,9,14-23,25,55,58H2,1-2H3,(H2,56,71)(H2,57,72)(H,60,78)(H,61,73)(H,62,80)(H,63,81)(H,64,83)(H,65,85)(H,66,79)(H,67,84)(H,68,82)(H,74,75)(H,76,77)(H,86,87)/t26-,27+,33-,34-,35-,36-,37-,38-,39-,45-/m0/s1. The second-order valence-corrected chi connectivity index (χ2v) is 20.3. The molecule has 3 rings (SSSR count). The zero-order chi connectivity index (χ0) is 65.1. The van der Waals surface area contributed by atoms with Crippen LogP contribution >= 0.6 is 0 Å². The molecule has 0 unspecified atom stereocenters. The maximum Gasteiger partial charge on any atom is 0.325 e. The van der Waals surface area contributed by atoms with Crippen LogP contribution in [0.4, 0.5) is 0 Å². The highest BCUT2D eigenvalue weighted by molar-refractivity contribution is 6.00. The molecule has 3 aromatic rings. The number of aliphatic hydroxyl groups excluding tert-OH is 1. The number of unbranched alkanes of at least 4 members (excludes halogenated alkanes) is 1. The van der Waals surface area contributed by atoms with E-state index in [0.717, 1.165) is 0 Å². The molecule has 1 aromatic heterocycles. The number of primary amides is 2. The molecule has 0 saturated heterocycles. The van der Waals surface area contributed by atoms with Crippen molar-refractivity contribution in [2.24, 2.45) is 22.9 Å². The number of aliphatic carboxylic acids is 3. The van der Waals surface area contributed by atoms with Gasteiger partial charge >= 0.3 is 17.9 Å². The van der Waals surface area contributed by atoms with Crippen LogP contribution < -0.4 is 70.8 Å². The van der Waals surface area contributed by atoms with Crippen LogP contribution in [0.1, 0.15) is 89.2 Å². The fraction of sp³-hybridized carbons (Fsp3) is 0.481. The number of amides is 11. The van der Waals surface area contributed by atoms with Gasteiger partial charge in [-0.1, -0.05) is 30.3 Å². The van der Waals surface area contributed by atoms with Crippen LogP contribution in [0.3, 0.4) is 0 Å². The fourth-order valence-electron chi connectivity index (χ4n) is 8.37. The van der Waals surface area contributed by atoms with Gasteiger partial charge in [0, 0.05) is 49.2 Å². The first-order valence-electron chi connectivity index (χ1n) is 27.4. The summed E-state index contributed by atoms with van der Waals surface area (Å²) in [5.41, 5.74) is 23.6. The predicted molar refractivity (Wildman–Crippen MR) is 304 cm³/mol. The molecule has 10 atom stereocenters. The molecule has 0 saturated carbocycles. The zero-order valence-corrected chi connectivity index (χ0v) is 47.6. The second kappa shape index (κ2) is 35.5. The molecule has 0 aliphatic rings. The largest absolute Gasteiger partial charge is 0.508 e. The number of phenolic OH excluding ortho intramolecular Hbond substituents is 1. The summed E-state index contributed by atoms with van der Waals surface area (Å²) in [5, 5.41) is 69.6. The number of aromatic hydroxyl groups is 1. The minimum Gasteiger partial charge on any atom is -0.508 e. The van der Waals surface area contributed by atoms with Crippen molar-refractivity contribution < 1.29 is 92.7 Å². The van der Waals surface area contributed by atoms with E-state index >= 15 is 0 Å². The fourth-order valence-corrected chi connectivity index (χ4v) is 8.37. The van der Waals surface area contributed by atoms with Gasteiger partial charge in [-0.3, -0.25) is 67.1 Å². The average Bonchev–Trinajstić information content (AvgIpc) is 4.10. The number of aromatic nitrogens is 1. The SMILES string of the molecule is C[C@H](NC(=O)CNC(=O)[C@H](Cc1ccc(O)cc1)NC(=O)[C@H](CCCCN)NC(=O)[C@H](CCC(N)=O)NC(=O)[C@H](CCC(=O)O)NC(=O)[C@H](Cc1c[nH]c2ccccc12)NC(=O)[C@H](CC(N)=O)NC(=O)[C@H](CCC(=O)O)NC(=O)[C@@H](N)[C@@H](C)O)C(=O)O. The third kappa shape index (κ3) is 25.2. The minimum atomic E-state index is -1.95. The number of carbonyl (C=O) groups excluding carboxylic acids is 11. The highest BCUT2D eigenvalue weighted by Gasteiger charge is 2.36. The van der Waals surface area contributed by atoms with E-state index < -0.39 is 201 Å². The van der Waals surface area contributed by atoms with E-state index in [4.69, 9.17) is 22.9 Å². The lowest BCUT2D eigenvalue weighted by molar-refractivity contribution is -0.141. The Kier molecular flexibility index (Phi) is 29.2. The van der Waals surface area contributed by atoms with Crippen LogP contribution in [0, 0.1) is 0 Å². The second-order valence-electron chi connectivity index (χ2n) is 20.3. The first-order valence-corrected chi connectivity index (χ1v) is 27.4. The quantitative estimate of drug-likeness (QED) is 0.0237. The number of carbonyl (C=O) groups is 14. The molecule has 2 aromatic carbocycles. The van der Waals surface area contributed by atoms with E-state index in [1.807, 2.05) is 0 Å². The maximum absolute atomic E-state index is 14.6. The van der Waals surface area contributed by atoms with Gasteiger partial charge in [0.15, 0.2) is 0 Å². The highest BCUT2D eigenvalue weighted by atomic mass is 16.4. The van der Waals surface area contributed by atoms with E-state index in [-0.39, 0.29) is 31.6 Å². The van der Waals surface area contributed by atoms with Crippen LogP contribution in [0.5, 0.6) is 5.75 Å². The topological polar surface area (TPSA) is 568 Å². The molecule has 33 nitrogen and oxygen atoms in total. The van der Waals surface area contributed by atoms with Gasteiger partial charge in [-0.05, 0) is 88.2 Å². The minimum absolute atomic E-state index is 0.133. The number of phenols is 1. The summed E-state index contributed by atoms with van der Waals surface area (Å²) < 4.78 is 0. The van der Waals surface area contributed by atoms with Crippen LogP contribution in [-0.4, -0.2) is 187 Å². The number of nitrogens with two attached hydrogens (primary N) is 4. The van der Waals surface area contributed by atoms with Gasteiger partial charge < -0.3 is 101 Å². The number of fused-ring (bicyclic) bond motifs is 1. The Labute approximate surface area is 497 Å². The van der Waals surface area contributed by atoms with Crippen molar-refractivity contribution in [1.82, 2.24) is 52.8 Å². The molecule has 23 N–H and O–H groups in total. The molecule has 11 amide bonds. The number of carboxylic acid groups (broad SMARTS) is 3. The van der Waals surface area contributed by atoms with Gasteiger partial charge in [0.2, 0.25) is 65.0 Å². The number of aromatic amines is 1. The summed E-state index contributed by atoms with van der Waals surface area (Å²) in [6, 6.07) is -2.94. The van der Waals surface area contributed by atoms with E-state index in [2.05, 4.69) is 52.8 Å². The normalized spacial score (nSPS) is 14.4. The van der Waals surface area contributed by atoms with Crippen molar-refractivity contribution in [2.75, 3.05) is 13.1 Å². The molecule has 0 radical (unpaired) electrons. The van der Waals surface area contributed by atoms with E-state index in [0.29, 0.717) is 28.5 Å². The van der Waals surface area contributed by atoms with E-state index in [1.165, 1.54) is 44.3 Å². The molecule has 0 aliphatic heterocycles. The Morgan fingerprint density at radius 2 is 0.989 bits per heavy atom. The highest BCUT2D eigenvalue weighted by Crippen LogP contribution is 2.20. The summed E-state index contributed by atoms with van der Waals surface area (Å²) in [7, 11) is 0. The number of rotatable bonds is 39. The molecule has 0 fully saturated rings. The summed E-state index contributed by atoms with van der Waals surface area (Å²) in [5.74, 6) is -16.5. The molecule has 0 spiro atoms. The molecule has 0 bridgehead atoms. The van der Waals surface area contributed by atoms with Crippen molar-refractivity contribution >= 4 is 93.8 Å². The first-order chi connectivity index (χ1) is 41.0. The Morgan fingerprint density at radius 3 is 1.48 bits per heavy atom. The van der Waals surface area contributed by atoms with Crippen molar-refractivity contribution in [3.05, 3.63) is 65.9 Å². The van der Waals surface area contributed by atoms with Crippen LogP contribution in [0.2, 0.25) is 0 Å². The molecule has 0 aliphatic carbocycles. The van der Waals surface area contributed by atoms with E-state index in [9.17, 15) is 92.7 Å². The number of hydrogen-bond acceptors (Lipinski definition) is 18. The monoisotopic (exact) mass is 1220 g/mol. The van der Waals surface area contributed by atoms with Crippen LogP contribution in [0.15, 0.2) is 54.7 Å². The van der Waals surface area contributed by atoms with Gasteiger partial charge in [0.25, 0.3) is 0 Å². The predicted octanol–water partition coefficient (Wildman–Crippen LogP) is -5.53. The first kappa shape index (κ1) is 71.5. The Bertz CT molecular complexity index is 2960. The van der Waals surface area contributed by atoms with Gasteiger partial charge in [-0.15, -0.1) is 0 Å². The number of H-pyrrole nitrogens is 1. The Hall–Kier alpha value is -9.76. The van der Waals surface area contributed by atoms with Gasteiger partial charge in [0.05, 0.1) is 19.1 Å². The van der Waals surface area contributed by atoms with Crippen LogP contribution in [-0.2, 0) is 80.0 Å². The third-order valence-corrected chi connectivity index (χ3v) is 13.2. The number of carboxylic acids is 3. The molecular weight excluding hydrogens is 1150 g/mol. The Morgan fingerprint density at radius 1 is 0.529 bits per heavy atom. The van der Waals surface area contributed by atoms with Crippen LogP contribution in [0.25, 0.3) is 10.9 Å². The zero-order valence-electron chi connectivity index (χ0n) is 47.6. The number of para-hydroxylation sites is 1. The number of nitrogens with one attached hydrogen (secondary N) is 10. The lowest BCUT2D eigenvalue weighted by Gasteiger charge is -2.28. The summed E-state index contributed by atoms with van der Waals surface area (Å²) in [6.45, 7) is 1.75. The average molecular weight is 1230 g/mol.